The number of allylic oxidation sites excluding steroid dienone is 3. The second-order valence-corrected chi connectivity index (χ2v) is 5.55. The lowest BCUT2D eigenvalue weighted by Crippen LogP contribution is -1.91. The summed E-state index contributed by atoms with van der Waals surface area (Å²) < 4.78 is 0. The topological polar surface area (TPSA) is 0 Å². The highest BCUT2D eigenvalue weighted by molar-refractivity contribution is 6.19. The minimum atomic E-state index is 1.16. The van der Waals surface area contributed by atoms with E-state index in [0.29, 0.717) is 0 Å². The Bertz CT molecular complexity index is 908. The molecular formula is C23H16. The molecule has 1 aliphatic rings. The highest BCUT2D eigenvalue weighted by atomic mass is 14.2. The number of rotatable bonds is 3. The van der Waals surface area contributed by atoms with Gasteiger partial charge in [0.2, 0.25) is 0 Å². The van der Waals surface area contributed by atoms with Crippen LogP contribution in [0.4, 0.5) is 0 Å². The molecule has 0 N–H and O–H groups in total. The molecule has 0 spiro atoms. The lowest BCUT2D eigenvalue weighted by molar-refractivity contribution is 1.58. The van der Waals surface area contributed by atoms with Gasteiger partial charge < -0.3 is 0 Å². The van der Waals surface area contributed by atoms with Crippen molar-refractivity contribution in [3.8, 4) is 0 Å². The minimum absolute atomic E-state index is 1.16. The Hall–Kier alpha value is -3.08. The van der Waals surface area contributed by atoms with Crippen LogP contribution >= 0.6 is 0 Å². The zero-order chi connectivity index (χ0) is 15.5. The van der Waals surface area contributed by atoms with Crippen LogP contribution in [0.15, 0.2) is 103 Å². The summed E-state index contributed by atoms with van der Waals surface area (Å²) in [5, 5.41) is 0. The van der Waals surface area contributed by atoms with Crippen LogP contribution in [0.2, 0.25) is 0 Å². The van der Waals surface area contributed by atoms with Gasteiger partial charge >= 0.3 is 0 Å². The summed E-state index contributed by atoms with van der Waals surface area (Å²) in [4.78, 5) is 0. The Morgan fingerprint density at radius 2 is 0.957 bits per heavy atom. The van der Waals surface area contributed by atoms with Gasteiger partial charge in [0.05, 0.1) is 0 Å². The zero-order valence-electron chi connectivity index (χ0n) is 12.7. The van der Waals surface area contributed by atoms with Gasteiger partial charge in [-0.2, -0.15) is 0 Å². The highest BCUT2D eigenvalue weighted by Crippen LogP contribution is 2.40. The molecule has 0 fully saturated rings. The summed E-state index contributed by atoms with van der Waals surface area (Å²) in [7, 11) is 0. The molecule has 3 aromatic rings. The summed E-state index contributed by atoms with van der Waals surface area (Å²) in [6, 6.07) is 31.6. The summed E-state index contributed by atoms with van der Waals surface area (Å²) in [6.07, 6.45) is 2.11. The van der Waals surface area contributed by atoms with Crippen LogP contribution in [0.1, 0.15) is 16.7 Å². The molecular weight excluding hydrogens is 276 g/mol. The molecule has 4 rings (SSSR count). The SMILES string of the molecule is C1=CC(c2ccccc2)=C(c2ccccc2)C=1c1ccccc1. The third-order valence-electron chi connectivity index (χ3n) is 4.09. The van der Waals surface area contributed by atoms with E-state index < -0.39 is 0 Å². The number of hydrogen-bond acceptors (Lipinski definition) is 0. The predicted molar refractivity (Wildman–Crippen MR) is 97.6 cm³/mol. The molecule has 1 aliphatic carbocycles. The van der Waals surface area contributed by atoms with Crippen LogP contribution < -0.4 is 0 Å². The van der Waals surface area contributed by atoms with Crippen molar-refractivity contribution in [2.24, 2.45) is 0 Å². The molecule has 0 saturated heterocycles. The first-order valence-electron chi connectivity index (χ1n) is 7.81. The zero-order valence-corrected chi connectivity index (χ0v) is 12.7. The number of benzene rings is 3. The third kappa shape index (κ3) is 2.57. The molecule has 0 aromatic heterocycles. The normalized spacial score (nSPS) is 13.3. The van der Waals surface area contributed by atoms with Crippen LogP contribution in [0.3, 0.4) is 0 Å². The molecule has 0 atom stereocenters. The first kappa shape index (κ1) is 13.6. The lowest BCUT2D eigenvalue weighted by atomic mass is 9.90. The summed E-state index contributed by atoms with van der Waals surface area (Å²) in [6.45, 7) is 0. The Morgan fingerprint density at radius 3 is 1.52 bits per heavy atom. The molecule has 23 heavy (non-hydrogen) atoms. The maximum Gasteiger partial charge on any atom is 0.0322 e. The van der Waals surface area contributed by atoms with E-state index in [2.05, 4.69) is 96.7 Å². The first-order valence-corrected chi connectivity index (χ1v) is 7.81. The van der Waals surface area contributed by atoms with E-state index in [9.17, 15) is 0 Å². The van der Waals surface area contributed by atoms with Crippen LogP contribution in [-0.4, -0.2) is 0 Å². The Morgan fingerprint density at radius 1 is 0.478 bits per heavy atom. The second-order valence-electron chi connectivity index (χ2n) is 5.55. The highest BCUT2D eigenvalue weighted by Gasteiger charge is 2.19. The quantitative estimate of drug-likeness (QED) is 0.531. The fraction of sp³-hybridized carbons (Fsp3) is 0. The minimum Gasteiger partial charge on any atom is -0.111 e. The smallest absolute Gasteiger partial charge is 0.0322 e. The monoisotopic (exact) mass is 292 g/mol. The summed E-state index contributed by atoms with van der Waals surface area (Å²) >= 11 is 0. The number of hydrogen-bond donors (Lipinski definition) is 0. The molecule has 0 bridgehead atoms. The van der Waals surface area contributed by atoms with Crippen molar-refractivity contribution >= 4 is 16.7 Å². The fourth-order valence-electron chi connectivity index (χ4n) is 3.01. The van der Waals surface area contributed by atoms with Crippen molar-refractivity contribution in [1.29, 1.82) is 0 Å². The van der Waals surface area contributed by atoms with Gasteiger partial charge in [0.25, 0.3) is 0 Å². The van der Waals surface area contributed by atoms with E-state index >= 15 is 0 Å². The molecule has 0 heteroatoms. The van der Waals surface area contributed by atoms with Gasteiger partial charge in [-0.05, 0) is 28.3 Å². The molecule has 0 nitrogen and oxygen atoms in total. The third-order valence-corrected chi connectivity index (χ3v) is 4.09. The Kier molecular flexibility index (Phi) is 3.52. The predicted octanol–water partition coefficient (Wildman–Crippen LogP) is 5.85. The maximum absolute atomic E-state index is 3.49. The molecule has 0 saturated carbocycles. The standard InChI is InChI=1S/C23H16/c1-4-10-18(11-5-1)21-16-17-22(19-12-6-2-7-13-19)23(21)20-14-8-3-9-15-20/h1-16H. The lowest BCUT2D eigenvalue weighted by Gasteiger charge is -2.12. The average molecular weight is 292 g/mol. The average Bonchev–Trinajstić information content (AvgIpc) is 3.09. The van der Waals surface area contributed by atoms with E-state index in [-0.39, 0.29) is 0 Å². The molecule has 3 aromatic carbocycles. The van der Waals surface area contributed by atoms with Gasteiger partial charge in [0.15, 0.2) is 0 Å². The van der Waals surface area contributed by atoms with Crippen LogP contribution in [0.25, 0.3) is 16.7 Å². The van der Waals surface area contributed by atoms with Crippen molar-refractivity contribution in [2.45, 2.75) is 0 Å². The molecule has 108 valence electrons. The van der Waals surface area contributed by atoms with Crippen molar-refractivity contribution in [3.05, 3.63) is 119 Å². The van der Waals surface area contributed by atoms with Gasteiger partial charge in [-0.25, -0.2) is 0 Å². The van der Waals surface area contributed by atoms with Gasteiger partial charge in [0.1, 0.15) is 0 Å². The van der Waals surface area contributed by atoms with E-state index in [1.807, 2.05) is 6.07 Å². The first-order chi connectivity index (χ1) is 11.4. The van der Waals surface area contributed by atoms with Crippen LogP contribution in [0, 0.1) is 0 Å². The molecule has 0 amide bonds. The molecule has 0 radical (unpaired) electrons. The summed E-state index contributed by atoms with van der Waals surface area (Å²) in [5.41, 5.74) is 10.8. The van der Waals surface area contributed by atoms with Gasteiger partial charge in [-0.3, -0.25) is 0 Å². The molecule has 0 heterocycles. The maximum atomic E-state index is 3.49. The van der Waals surface area contributed by atoms with Crippen molar-refractivity contribution < 1.29 is 0 Å². The fourth-order valence-corrected chi connectivity index (χ4v) is 3.01. The summed E-state index contributed by atoms with van der Waals surface area (Å²) in [5.74, 6) is 0. The van der Waals surface area contributed by atoms with Crippen molar-refractivity contribution in [2.75, 3.05) is 0 Å². The van der Waals surface area contributed by atoms with Gasteiger partial charge in [-0.1, -0.05) is 91.0 Å². The Labute approximate surface area is 136 Å². The largest absolute Gasteiger partial charge is 0.111 e. The van der Waals surface area contributed by atoms with E-state index in [1.165, 1.54) is 27.8 Å². The van der Waals surface area contributed by atoms with Crippen molar-refractivity contribution in [3.63, 3.8) is 0 Å². The van der Waals surface area contributed by atoms with Gasteiger partial charge in [0, 0.05) is 11.1 Å². The van der Waals surface area contributed by atoms with E-state index in [1.54, 1.807) is 0 Å². The molecule has 0 aliphatic heterocycles. The van der Waals surface area contributed by atoms with Crippen LogP contribution in [-0.2, 0) is 0 Å². The Balaban J connectivity index is 1.93. The van der Waals surface area contributed by atoms with E-state index in [0.717, 1.165) is 5.57 Å². The second kappa shape index (κ2) is 5.96. The molecule has 0 unspecified atom stereocenters. The van der Waals surface area contributed by atoms with Gasteiger partial charge in [-0.15, -0.1) is 5.73 Å². The van der Waals surface area contributed by atoms with Crippen molar-refractivity contribution in [1.82, 2.24) is 0 Å². The van der Waals surface area contributed by atoms with E-state index in [4.69, 9.17) is 0 Å². The van der Waals surface area contributed by atoms with Crippen LogP contribution in [0.5, 0.6) is 0 Å².